The van der Waals surface area contributed by atoms with Crippen LogP contribution in [0.4, 0.5) is 0 Å². The molecule has 0 aromatic rings. The Morgan fingerprint density at radius 3 is 2.11 bits per heavy atom. The van der Waals surface area contributed by atoms with Crippen molar-refractivity contribution < 1.29 is 9.90 Å². The molecular weight excluding hydrogens is 140 g/mol. The van der Waals surface area contributed by atoms with Gasteiger partial charge in [-0.3, -0.25) is 0 Å². The second-order valence-corrected chi connectivity index (χ2v) is 1.64. The van der Waals surface area contributed by atoms with Crippen LogP contribution in [0.15, 0.2) is 12.2 Å². The summed E-state index contributed by atoms with van der Waals surface area (Å²) in [5.74, 6) is -0.169. The van der Waals surface area contributed by atoms with E-state index in [2.05, 4.69) is 0 Å². The summed E-state index contributed by atoms with van der Waals surface area (Å²) in [6.07, 6.45) is 2.56. The quantitative estimate of drug-likeness (QED) is 0.458. The van der Waals surface area contributed by atoms with Gasteiger partial charge in [0.15, 0.2) is 0 Å². The standard InChI is InChI=1S/C4H6O2.C2H5Cl/c1-2-3-4(5)6;1-2-3/h2-3H,1H3,(H,5,6);2H2,1H3. The van der Waals surface area contributed by atoms with Crippen LogP contribution >= 0.6 is 11.6 Å². The van der Waals surface area contributed by atoms with E-state index in [4.69, 9.17) is 16.7 Å². The minimum atomic E-state index is -0.891. The average Bonchev–Trinajstić information content (AvgIpc) is 1.67. The van der Waals surface area contributed by atoms with Crippen molar-refractivity contribution in [2.45, 2.75) is 13.8 Å². The first-order chi connectivity index (χ1) is 4.18. The number of rotatable bonds is 1. The lowest BCUT2D eigenvalue weighted by atomic mass is 10.5. The number of hydrogen-bond donors (Lipinski definition) is 1. The van der Waals surface area contributed by atoms with Gasteiger partial charge in [-0.05, 0) is 6.92 Å². The molecule has 0 heterocycles. The first-order valence-corrected chi connectivity index (χ1v) is 3.14. The molecule has 0 fully saturated rings. The van der Waals surface area contributed by atoms with Crippen molar-refractivity contribution in [3.05, 3.63) is 12.2 Å². The number of allylic oxidation sites excluding steroid dienone is 1. The van der Waals surface area contributed by atoms with Crippen LogP contribution in [-0.4, -0.2) is 17.0 Å². The van der Waals surface area contributed by atoms with Crippen molar-refractivity contribution in [1.29, 1.82) is 0 Å². The molecule has 54 valence electrons. The Kier molecular flexibility index (Phi) is 13.2. The van der Waals surface area contributed by atoms with Gasteiger partial charge in [-0.25, -0.2) is 4.79 Å². The zero-order valence-electron chi connectivity index (χ0n) is 5.60. The molecule has 0 aliphatic rings. The Hall–Kier alpha value is -0.500. The molecule has 0 aromatic carbocycles. The first-order valence-electron chi connectivity index (χ1n) is 2.60. The van der Waals surface area contributed by atoms with Gasteiger partial charge in [-0.15, -0.1) is 11.6 Å². The molecule has 0 rings (SSSR count). The molecule has 0 bridgehead atoms. The largest absolute Gasteiger partial charge is 0.478 e. The molecule has 3 heteroatoms. The number of alkyl halides is 1. The highest BCUT2D eigenvalue weighted by molar-refractivity contribution is 6.17. The van der Waals surface area contributed by atoms with Crippen molar-refractivity contribution in [1.82, 2.24) is 0 Å². The lowest BCUT2D eigenvalue weighted by Gasteiger charge is -1.68. The third-order valence-corrected chi connectivity index (χ3v) is 0.309. The fourth-order valence-electron chi connectivity index (χ4n) is 0.143. The highest BCUT2D eigenvalue weighted by Crippen LogP contribution is 1.65. The maximum Gasteiger partial charge on any atom is 0.327 e. The van der Waals surface area contributed by atoms with Crippen molar-refractivity contribution in [3.8, 4) is 0 Å². The molecule has 0 unspecified atom stereocenters. The summed E-state index contributed by atoms with van der Waals surface area (Å²) in [7, 11) is 0. The zero-order chi connectivity index (χ0) is 7.70. The fourth-order valence-corrected chi connectivity index (χ4v) is 0.143. The summed E-state index contributed by atoms with van der Waals surface area (Å²) < 4.78 is 0. The lowest BCUT2D eigenvalue weighted by Crippen LogP contribution is -1.83. The molecule has 0 saturated heterocycles. The van der Waals surface area contributed by atoms with Gasteiger partial charge >= 0.3 is 5.97 Å². The van der Waals surface area contributed by atoms with Gasteiger partial charge in [-0.1, -0.05) is 13.0 Å². The lowest BCUT2D eigenvalue weighted by molar-refractivity contribution is -0.131. The molecule has 0 aliphatic carbocycles. The van der Waals surface area contributed by atoms with E-state index < -0.39 is 5.97 Å². The van der Waals surface area contributed by atoms with E-state index in [1.54, 1.807) is 6.92 Å². The summed E-state index contributed by atoms with van der Waals surface area (Å²) in [6, 6.07) is 0. The van der Waals surface area contributed by atoms with Crippen LogP contribution in [0, 0.1) is 0 Å². The van der Waals surface area contributed by atoms with Crippen LogP contribution in [0.25, 0.3) is 0 Å². The van der Waals surface area contributed by atoms with E-state index in [-0.39, 0.29) is 0 Å². The number of carboxylic acids is 1. The number of carbonyl (C=O) groups is 1. The Morgan fingerprint density at radius 2 is 2.11 bits per heavy atom. The smallest absolute Gasteiger partial charge is 0.327 e. The molecule has 0 aromatic heterocycles. The average molecular weight is 151 g/mol. The normalized spacial score (nSPS) is 8.33. The monoisotopic (exact) mass is 150 g/mol. The van der Waals surface area contributed by atoms with Crippen molar-refractivity contribution in [2.24, 2.45) is 0 Å². The summed E-state index contributed by atoms with van der Waals surface area (Å²) in [6.45, 7) is 3.55. The molecule has 0 amide bonds. The second kappa shape index (κ2) is 10.5. The molecule has 0 aliphatic heterocycles. The van der Waals surface area contributed by atoms with Gasteiger partial charge in [0.05, 0.1) is 0 Å². The van der Waals surface area contributed by atoms with Crippen LogP contribution in [-0.2, 0) is 4.79 Å². The van der Waals surface area contributed by atoms with Gasteiger partial charge in [0, 0.05) is 12.0 Å². The van der Waals surface area contributed by atoms with Crippen LogP contribution in [0.5, 0.6) is 0 Å². The van der Waals surface area contributed by atoms with E-state index >= 15 is 0 Å². The molecule has 0 radical (unpaired) electrons. The van der Waals surface area contributed by atoms with Gasteiger partial charge in [0.25, 0.3) is 0 Å². The predicted octanol–water partition coefficient (Wildman–Crippen LogP) is 1.89. The van der Waals surface area contributed by atoms with Crippen LogP contribution in [0.3, 0.4) is 0 Å². The fraction of sp³-hybridized carbons (Fsp3) is 0.500. The van der Waals surface area contributed by atoms with E-state index in [9.17, 15) is 4.79 Å². The Morgan fingerprint density at radius 1 is 1.78 bits per heavy atom. The molecule has 0 spiro atoms. The van der Waals surface area contributed by atoms with E-state index in [0.29, 0.717) is 0 Å². The molecular formula is C6H11ClO2. The van der Waals surface area contributed by atoms with Gasteiger partial charge in [-0.2, -0.15) is 0 Å². The Bertz CT molecular complexity index is 89.1. The number of halogens is 1. The Balaban J connectivity index is 0. The molecule has 1 N–H and O–H groups in total. The minimum Gasteiger partial charge on any atom is -0.478 e. The third-order valence-electron chi connectivity index (χ3n) is 0.309. The van der Waals surface area contributed by atoms with Crippen LogP contribution in [0.1, 0.15) is 13.8 Å². The molecule has 0 atom stereocenters. The van der Waals surface area contributed by atoms with Gasteiger partial charge in [0.2, 0.25) is 0 Å². The highest BCUT2D eigenvalue weighted by atomic mass is 35.5. The second-order valence-electron chi connectivity index (χ2n) is 1.11. The number of aliphatic carboxylic acids is 1. The molecule has 0 saturated carbocycles. The van der Waals surface area contributed by atoms with Crippen molar-refractivity contribution in [3.63, 3.8) is 0 Å². The number of hydrogen-bond acceptors (Lipinski definition) is 1. The molecule has 2 nitrogen and oxygen atoms in total. The third kappa shape index (κ3) is 36.3. The Labute approximate surface area is 60.1 Å². The highest BCUT2D eigenvalue weighted by Gasteiger charge is 1.76. The van der Waals surface area contributed by atoms with E-state index in [0.717, 1.165) is 12.0 Å². The minimum absolute atomic E-state index is 0.722. The summed E-state index contributed by atoms with van der Waals surface area (Å²) in [5.41, 5.74) is 0. The summed E-state index contributed by atoms with van der Waals surface area (Å²) >= 11 is 5.00. The predicted molar refractivity (Wildman–Crippen MR) is 38.8 cm³/mol. The van der Waals surface area contributed by atoms with Crippen molar-refractivity contribution in [2.75, 3.05) is 5.88 Å². The van der Waals surface area contributed by atoms with E-state index in [1.807, 2.05) is 6.92 Å². The van der Waals surface area contributed by atoms with Crippen molar-refractivity contribution >= 4 is 17.6 Å². The zero-order valence-corrected chi connectivity index (χ0v) is 6.35. The topological polar surface area (TPSA) is 37.3 Å². The van der Waals surface area contributed by atoms with E-state index in [1.165, 1.54) is 6.08 Å². The van der Waals surface area contributed by atoms with Gasteiger partial charge < -0.3 is 5.11 Å². The maximum absolute atomic E-state index is 9.51. The summed E-state index contributed by atoms with van der Waals surface area (Å²) in [4.78, 5) is 9.51. The summed E-state index contributed by atoms with van der Waals surface area (Å²) in [5, 5.41) is 7.83. The molecule has 9 heavy (non-hydrogen) atoms. The van der Waals surface area contributed by atoms with Gasteiger partial charge in [0.1, 0.15) is 0 Å². The SMILES string of the molecule is CC=CC(=O)O.CCCl. The van der Waals surface area contributed by atoms with Crippen LogP contribution < -0.4 is 0 Å². The maximum atomic E-state index is 9.51. The van der Waals surface area contributed by atoms with Crippen LogP contribution in [0.2, 0.25) is 0 Å². The first kappa shape index (κ1) is 11.3. The number of carboxylic acid groups (broad SMARTS) is 1.